The Hall–Kier alpha value is -7.37. The second-order valence-corrected chi connectivity index (χ2v) is 19.5. The van der Waals surface area contributed by atoms with Gasteiger partial charge in [-0.3, -0.25) is 4.57 Å². The summed E-state index contributed by atoms with van der Waals surface area (Å²) >= 11 is 0. The number of hydrogen-bond acceptors (Lipinski definition) is 4. The maximum Gasteiger partial charge on any atom is 0.137 e. The molecule has 3 heterocycles. The van der Waals surface area contributed by atoms with Crippen LogP contribution in [-0.2, 0) is 16.2 Å². The smallest absolute Gasteiger partial charge is 0.137 e. The number of para-hydroxylation sites is 1. The largest absolute Gasteiger partial charge is 0.457 e. The number of benzene rings is 7. The molecule has 0 spiro atoms. The molecule has 0 radical (unpaired) electrons. The first-order valence-electron chi connectivity index (χ1n) is 22.7. The molecule has 0 amide bonds. The summed E-state index contributed by atoms with van der Waals surface area (Å²) < 4.78 is 9.52. The molecule has 2 aromatic heterocycles. The standard InChI is InChI=1S/C60H56N4O/c1-58(2,3)46-30-31-61-56(37-46)64-54-29-18-17-28-52(54)57-53(60(6,7)45-24-15-10-16-25-45)39-51(40-55(57)64)65-50-35-43(42-20-11-8-12-21-42)34-49(38-50)63-33-32-62(41-63)48-27-19-26-47(36-48)59(4,5)44-22-13-9-14-23-44/h8-40H,41H2,1-7H3. The van der Waals surface area contributed by atoms with Crippen molar-refractivity contribution in [1.29, 1.82) is 0 Å². The first kappa shape index (κ1) is 41.6. The van der Waals surface area contributed by atoms with Crippen molar-refractivity contribution in [2.45, 2.75) is 64.7 Å². The van der Waals surface area contributed by atoms with E-state index < -0.39 is 0 Å². The molecule has 0 aliphatic carbocycles. The fourth-order valence-corrected chi connectivity index (χ4v) is 9.48. The number of hydrogen-bond donors (Lipinski definition) is 0. The fourth-order valence-electron chi connectivity index (χ4n) is 9.48. The molecule has 5 heteroatoms. The van der Waals surface area contributed by atoms with Gasteiger partial charge in [0.25, 0.3) is 0 Å². The van der Waals surface area contributed by atoms with Gasteiger partial charge in [0.1, 0.15) is 17.3 Å². The Morgan fingerprint density at radius 2 is 1.08 bits per heavy atom. The Balaban J connectivity index is 1.09. The zero-order valence-corrected chi connectivity index (χ0v) is 38.5. The first-order valence-corrected chi connectivity index (χ1v) is 22.7. The van der Waals surface area contributed by atoms with Crippen LogP contribution in [0.2, 0.25) is 0 Å². The molecule has 0 fully saturated rings. The van der Waals surface area contributed by atoms with E-state index >= 15 is 0 Å². The highest BCUT2D eigenvalue weighted by Gasteiger charge is 2.30. The molecule has 0 saturated heterocycles. The quantitative estimate of drug-likeness (QED) is 0.137. The molecule has 0 bridgehead atoms. The third-order valence-electron chi connectivity index (χ3n) is 13.4. The average Bonchev–Trinajstić information content (AvgIpc) is 3.96. The van der Waals surface area contributed by atoms with Gasteiger partial charge >= 0.3 is 0 Å². The second kappa shape index (κ2) is 16.3. The van der Waals surface area contributed by atoms with Gasteiger partial charge in [0.15, 0.2) is 0 Å². The SMILES string of the molecule is CC(C)(C)c1ccnc(-n2c3ccccc3c3c(C(C)(C)c4ccccc4)cc(Oc4cc(-c5ccccc5)cc(N5C=CN(c6cccc(C(C)(C)c7ccccc7)c6)C5)c4)cc32)c1. The maximum atomic E-state index is 7.19. The molecule has 0 atom stereocenters. The minimum atomic E-state index is -0.372. The second-order valence-electron chi connectivity index (χ2n) is 19.5. The van der Waals surface area contributed by atoms with E-state index in [-0.39, 0.29) is 16.2 Å². The molecule has 322 valence electrons. The number of anilines is 2. The number of pyridine rings is 1. The van der Waals surface area contributed by atoms with Crippen LogP contribution in [0.25, 0.3) is 38.8 Å². The number of rotatable bonds is 10. The number of nitrogens with zero attached hydrogens (tertiary/aromatic N) is 4. The van der Waals surface area contributed by atoms with Crippen LogP contribution in [0, 0.1) is 0 Å². The van der Waals surface area contributed by atoms with E-state index in [9.17, 15) is 0 Å². The molecular formula is C60H56N4O. The average molecular weight is 849 g/mol. The molecule has 10 rings (SSSR count). The lowest BCUT2D eigenvalue weighted by molar-refractivity contribution is 0.481. The van der Waals surface area contributed by atoms with E-state index in [1.807, 2.05) is 6.20 Å². The molecular weight excluding hydrogens is 793 g/mol. The molecule has 1 aliphatic rings. The summed E-state index contributed by atoms with van der Waals surface area (Å²) in [5.41, 5.74) is 12.2. The van der Waals surface area contributed by atoms with E-state index in [2.05, 4.69) is 257 Å². The van der Waals surface area contributed by atoms with Crippen LogP contribution >= 0.6 is 0 Å². The minimum Gasteiger partial charge on any atom is -0.457 e. The lowest BCUT2D eigenvalue weighted by Crippen LogP contribution is -2.25. The summed E-state index contributed by atoms with van der Waals surface area (Å²) in [6.45, 7) is 16.7. The van der Waals surface area contributed by atoms with E-state index in [1.54, 1.807) is 0 Å². The Kier molecular flexibility index (Phi) is 10.5. The van der Waals surface area contributed by atoms with Crippen molar-refractivity contribution in [2.24, 2.45) is 0 Å². The topological polar surface area (TPSA) is 33.5 Å². The van der Waals surface area contributed by atoms with Crippen LogP contribution in [0.1, 0.15) is 76.3 Å². The van der Waals surface area contributed by atoms with Crippen molar-refractivity contribution in [2.75, 3.05) is 16.5 Å². The van der Waals surface area contributed by atoms with Gasteiger partial charge < -0.3 is 14.5 Å². The normalized spacial score (nSPS) is 13.3. The summed E-state index contributed by atoms with van der Waals surface area (Å²) in [5.74, 6) is 2.41. The third-order valence-corrected chi connectivity index (χ3v) is 13.4. The molecule has 1 aliphatic heterocycles. The van der Waals surface area contributed by atoms with Gasteiger partial charge in [-0.25, -0.2) is 4.98 Å². The van der Waals surface area contributed by atoms with E-state index in [0.29, 0.717) is 6.67 Å². The summed E-state index contributed by atoms with van der Waals surface area (Å²) in [5, 5.41) is 2.38. The Bertz CT molecular complexity index is 3190. The minimum absolute atomic E-state index is 0.0441. The molecule has 0 saturated carbocycles. The highest BCUT2D eigenvalue weighted by Crippen LogP contribution is 2.45. The van der Waals surface area contributed by atoms with Crippen LogP contribution in [0.3, 0.4) is 0 Å². The molecule has 0 N–H and O–H groups in total. The number of ether oxygens (including phenoxy) is 1. The number of fused-ring (bicyclic) bond motifs is 3. The van der Waals surface area contributed by atoms with E-state index in [1.165, 1.54) is 38.6 Å². The van der Waals surface area contributed by atoms with Crippen LogP contribution in [0.4, 0.5) is 11.4 Å². The lowest BCUT2D eigenvalue weighted by Gasteiger charge is -2.28. The summed E-state index contributed by atoms with van der Waals surface area (Å²) in [4.78, 5) is 9.64. The van der Waals surface area contributed by atoms with Crippen molar-refractivity contribution in [3.63, 3.8) is 0 Å². The Labute approximate surface area is 383 Å². The maximum absolute atomic E-state index is 7.19. The zero-order valence-electron chi connectivity index (χ0n) is 38.5. The van der Waals surface area contributed by atoms with E-state index in [0.717, 1.165) is 50.9 Å². The van der Waals surface area contributed by atoms with Crippen molar-refractivity contribution < 1.29 is 4.74 Å². The fraction of sp³-hybridized carbons (Fsp3) is 0.183. The lowest BCUT2D eigenvalue weighted by atomic mass is 9.76. The molecule has 9 aromatic rings. The third kappa shape index (κ3) is 7.86. The van der Waals surface area contributed by atoms with E-state index in [4.69, 9.17) is 9.72 Å². The highest BCUT2D eigenvalue weighted by molar-refractivity contribution is 6.11. The summed E-state index contributed by atoms with van der Waals surface area (Å²) in [6, 6.07) is 65.3. The van der Waals surface area contributed by atoms with Crippen LogP contribution in [-0.4, -0.2) is 16.2 Å². The zero-order chi connectivity index (χ0) is 44.9. The summed E-state index contributed by atoms with van der Waals surface area (Å²) in [6.07, 6.45) is 6.29. The van der Waals surface area contributed by atoms with Crippen LogP contribution in [0.15, 0.2) is 201 Å². The van der Waals surface area contributed by atoms with Gasteiger partial charge in [0, 0.05) is 63.7 Å². The summed E-state index contributed by atoms with van der Waals surface area (Å²) in [7, 11) is 0. The molecule has 65 heavy (non-hydrogen) atoms. The first-order chi connectivity index (χ1) is 31.3. The predicted octanol–water partition coefficient (Wildman–Crippen LogP) is 15.3. The van der Waals surface area contributed by atoms with Crippen LogP contribution in [0.5, 0.6) is 11.5 Å². The van der Waals surface area contributed by atoms with Crippen molar-refractivity contribution in [3.05, 3.63) is 228 Å². The molecule has 5 nitrogen and oxygen atoms in total. The predicted molar refractivity (Wildman–Crippen MR) is 272 cm³/mol. The Morgan fingerprint density at radius 1 is 0.462 bits per heavy atom. The van der Waals surface area contributed by atoms with Gasteiger partial charge in [-0.2, -0.15) is 0 Å². The van der Waals surface area contributed by atoms with Gasteiger partial charge in [-0.1, -0.05) is 170 Å². The number of aromatic nitrogens is 2. The van der Waals surface area contributed by atoms with Gasteiger partial charge in [-0.15, -0.1) is 0 Å². The van der Waals surface area contributed by atoms with Crippen molar-refractivity contribution in [3.8, 4) is 28.4 Å². The monoisotopic (exact) mass is 848 g/mol. The Morgan fingerprint density at radius 3 is 1.78 bits per heavy atom. The van der Waals surface area contributed by atoms with Crippen LogP contribution < -0.4 is 14.5 Å². The van der Waals surface area contributed by atoms with Crippen molar-refractivity contribution >= 4 is 33.2 Å². The molecule has 0 unspecified atom stereocenters. The van der Waals surface area contributed by atoms with Gasteiger partial charge in [-0.05, 0) is 92.9 Å². The van der Waals surface area contributed by atoms with Gasteiger partial charge in [0.2, 0.25) is 0 Å². The molecule has 7 aromatic carbocycles. The highest BCUT2D eigenvalue weighted by atomic mass is 16.5. The van der Waals surface area contributed by atoms with Gasteiger partial charge in [0.05, 0.1) is 17.7 Å². The van der Waals surface area contributed by atoms with Crippen molar-refractivity contribution in [1.82, 2.24) is 9.55 Å².